The smallest absolute Gasteiger partial charge is 0.257 e. The summed E-state index contributed by atoms with van der Waals surface area (Å²) in [4.78, 5) is 12.0. The number of carbonyl (C=O) groups excluding carboxylic acids is 1. The zero-order chi connectivity index (χ0) is 14.0. The Kier molecular flexibility index (Phi) is 4.45. The normalized spacial score (nSPS) is 10.3. The molecule has 19 heavy (non-hydrogen) atoms. The van der Waals surface area contributed by atoms with E-state index in [1.165, 1.54) is 12.1 Å². The van der Waals surface area contributed by atoms with E-state index in [-0.39, 0.29) is 10.6 Å². The predicted octanol–water partition coefficient (Wildman–Crippen LogP) is 5.15. The lowest BCUT2D eigenvalue weighted by atomic mass is 10.2. The second-order valence-electron chi connectivity index (χ2n) is 3.70. The highest BCUT2D eigenvalue weighted by Gasteiger charge is 2.13. The number of benzene rings is 2. The van der Waals surface area contributed by atoms with Crippen LogP contribution in [0.15, 0.2) is 40.9 Å². The third kappa shape index (κ3) is 3.47. The van der Waals surface area contributed by atoms with Gasteiger partial charge in [0.05, 0.1) is 21.3 Å². The summed E-state index contributed by atoms with van der Waals surface area (Å²) in [6.07, 6.45) is 0. The van der Waals surface area contributed by atoms with Crippen LogP contribution in [0.3, 0.4) is 0 Å². The number of carbonyl (C=O) groups is 1. The minimum absolute atomic E-state index is 0.0450. The Bertz CT molecular complexity index is 649. The van der Waals surface area contributed by atoms with Crippen LogP contribution in [0.1, 0.15) is 10.4 Å². The number of hydrogen-bond donors (Lipinski definition) is 1. The van der Waals surface area contributed by atoms with Gasteiger partial charge in [-0.2, -0.15) is 0 Å². The molecule has 0 unspecified atom stereocenters. The van der Waals surface area contributed by atoms with E-state index in [4.69, 9.17) is 23.2 Å². The summed E-state index contributed by atoms with van der Waals surface area (Å²) in [6.45, 7) is 0. The Morgan fingerprint density at radius 1 is 1.11 bits per heavy atom. The Hall–Kier alpha value is -1.10. The molecule has 2 nitrogen and oxygen atoms in total. The fraction of sp³-hybridized carbons (Fsp3) is 0. The van der Waals surface area contributed by atoms with Gasteiger partial charge in [-0.15, -0.1) is 0 Å². The summed E-state index contributed by atoms with van der Waals surface area (Å²) in [5.74, 6) is -0.952. The summed E-state index contributed by atoms with van der Waals surface area (Å²) >= 11 is 15.1. The van der Waals surface area contributed by atoms with Crippen LogP contribution < -0.4 is 5.32 Å². The largest absolute Gasteiger partial charge is 0.321 e. The van der Waals surface area contributed by atoms with Crippen molar-refractivity contribution in [3.8, 4) is 0 Å². The zero-order valence-electron chi connectivity index (χ0n) is 9.38. The molecule has 0 radical (unpaired) electrons. The average molecular weight is 363 g/mol. The van der Waals surface area contributed by atoms with Crippen molar-refractivity contribution in [1.82, 2.24) is 0 Å². The van der Waals surface area contributed by atoms with Crippen LogP contribution in [-0.4, -0.2) is 5.91 Å². The van der Waals surface area contributed by atoms with Crippen molar-refractivity contribution in [2.75, 3.05) is 5.32 Å². The molecule has 0 aliphatic heterocycles. The van der Waals surface area contributed by atoms with Crippen molar-refractivity contribution in [2.24, 2.45) is 0 Å². The topological polar surface area (TPSA) is 29.1 Å². The van der Waals surface area contributed by atoms with E-state index >= 15 is 0 Å². The summed E-state index contributed by atoms with van der Waals surface area (Å²) in [5, 5.41) is 3.06. The highest BCUT2D eigenvalue weighted by molar-refractivity contribution is 9.10. The van der Waals surface area contributed by atoms with Gasteiger partial charge in [-0.05, 0) is 36.4 Å². The molecule has 2 aromatic carbocycles. The molecule has 0 aliphatic rings. The van der Waals surface area contributed by atoms with Gasteiger partial charge in [0.25, 0.3) is 5.91 Å². The summed E-state index contributed by atoms with van der Waals surface area (Å²) in [5.41, 5.74) is 0.626. The second-order valence-corrected chi connectivity index (χ2v) is 5.43. The maximum Gasteiger partial charge on any atom is 0.257 e. The molecular weight excluding hydrogens is 356 g/mol. The molecule has 98 valence electrons. The molecule has 0 saturated heterocycles. The van der Waals surface area contributed by atoms with Gasteiger partial charge in [0.15, 0.2) is 0 Å². The molecule has 1 N–H and O–H groups in total. The molecule has 0 atom stereocenters. The molecule has 0 bridgehead atoms. The van der Waals surface area contributed by atoms with Gasteiger partial charge >= 0.3 is 0 Å². The highest BCUT2D eigenvalue weighted by atomic mass is 79.9. The molecule has 0 aliphatic carbocycles. The first-order valence-corrected chi connectivity index (χ1v) is 6.74. The Morgan fingerprint density at radius 3 is 2.53 bits per heavy atom. The summed E-state index contributed by atoms with van der Waals surface area (Å²) in [6, 6.07) is 8.63. The highest BCUT2D eigenvalue weighted by Crippen LogP contribution is 2.27. The number of amides is 1. The van der Waals surface area contributed by atoms with E-state index in [1.807, 2.05) is 0 Å². The standard InChI is InChI=1S/C13H7BrCl2FNO/c14-7-1-4-10(15)12(5-7)18-13(19)9-3-2-8(17)6-11(9)16/h1-6H,(H,18,19). The third-order valence-electron chi connectivity index (χ3n) is 2.35. The van der Waals surface area contributed by atoms with Crippen LogP contribution in [0.5, 0.6) is 0 Å². The molecule has 1 amide bonds. The van der Waals surface area contributed by atoms with Crippen molar-refractivity contribution in [3.05, 3.63) is 62.3 Å². The summed E-state index contributed by atoms with van der Waals surface area (Å²) < 4.78 is 13.7. The molecule has 0 saturated carbocycles. The zero-order valence-corrected chi connectivity index (χ0v) is 12.5. The minimum atomic E-state index is -0.498. The summed E-state index contributed by atoms with van der Waals surface area (Å²) in [7, 11) is 0. The number of halogens is 4. The van der Waals surface area contributed by atoms with Crippen molar-refractivity contribution in [2.45, 2.75) is 0 Å². The van der Waals surface area contributed by atoms with E-state index in [0.29, 0.717) is 10.7 Å². The van der Waals surface area contributed by atoms with Gasteiger partial charge in [0, 0.05) is 4.47 Å². The SMILES string of the molecule is O=C(Nc1cc(Br)ccc1Cl)c1ccc(F)cc1Cl. The Balaban J connectivity index is 2.28. The van der Waals surface area contributed by atoms with Crippen LogP contribution in [0.25, 0.3) is 0 Å². The maximum absolute atomic E-state index is 12.9. The Morgan fingerprint density at radius 2 is 1.84 bits per heavy atom. The first-order valence-electron chi connectivity index (χ1n) is 5.19. The number of anilines is 1. The van der Waals surface area contributed by atoms with E-state index in [2.05, 4.69) is 21.2 Å². The molecule has 6 heteroatoms. The molecule has 0 spiro atoms. The third-order valence-corrected chi connectivity index (χ3v) is 3.49. The lowest BCUT2D eigenvalue weighted by molar-refractivity contribution is 0.102. The number of rotatable bonds is 2. The van der Waals surface area contributed by atoms with Crippen molar-refractivity contribution >= 4 is 50.7 Å². The van der Waals surface area contributed by atoms with Crippen LogP contribution >= 0.6 is 39.1 Å². The van der Waals surface area contributed by atoms with Crippen molar-refractivity contribution in [1.29, 1.82) is 0 Å². The quantitative estimate of drug-likeness (QED) is 0.786. The van der Waals surface area contributed by atoms with Crippen LogP contribution in [0.4, 0.5) is 10.1 Å². The lowest BCUT2D eigenvalue weighted by Crippen LogP contribution is -2.13. The van der Waals surface area contributed by atoms with Gasteiger partial charge in [0.1, 0.15) is 5.82 Å². The van der Waals surface area contributed by atoms with Gasteiger partial charge in [-0.1, -0.05) is 39.1 Å². The minimum Gasteiger partial charge on any atom is -0.321 e. The monoisotopic (exact) mass is 361 g/mol. The maximum atomic E-state index is 12.9. The molecule has 0 fully saturated rings. The van der Waals surface area contributed by atoms with Crippen LogP contribution in [-0.2, 0) is 0 Å². The first kappa shape index (κ1) is 14.3. The van der Waals surface area contributed by atoms with Gasteiger partial charge in [-0.3, -0.25) is 4.79 Å². The Labute approximate surface area is 127 Å². The molecular formula is C13H7BrCl2FNO. The van der Waals surface area contributed by atoms with Gasteiger partial charge in [0.2, 0.25) is 0 Å². The second kappa shape index (κ2) is 5.90. The number of hydrogen-bond acceptors (Lipinski definition) is 1. The van der Waals surface area contributed by atoms with E-state index in [0.717, 1.165) is 10.5 Å². The lowest BCUT2D eigenvalue weighted by Gasteiger charge is -2.09. The average Bonchev–Trinajstić information content (AvgIpc) is 2.33. The van der Waals surface area contributed by atoms with Gasteiger partial charge in [-0.25, -0.2) is 4.39 Å². The van der Waals surface area contributed by atoms with Crippen LogP contribution in [0.2, 0.25) is 10.0 Å². The van der Waals surface area contributed by atoms with Crippen LogP contribution in [0, 0.1) is 5.82 Å². The molecule has 2 aromatic rings. The van der Waals surface area contributed by atoms with Crippen molar-refractivity contribution < 1.29 is 9.18 Å². The molecule has 0 heterocycles. The molecule has 2 rings (SSSR count). The fourth-order valence-corrected chi connectivity index (χ4v) is 2.24. The van der Waals surface area contributed by atoms with E-state index < -0.39 is 11.7 Å². The first-order chi connectivity index (χ1) is 8.97. The predicted molar refractivity (Wildman–Crippen MR) is 78.5 cm³/mol. The van der Waals surface area contributed by atoms with E-state index in [1.54, 1.807) is 18.2 Å². The fourth-order valence-electron chi connectivity index (χ4n) is 1.46. The van der Waals surface area contributed by atoms with E-state index in [9.17, 15) is 9.18 Å². The van der Waals surface area contributed by atoms with Crippen molar-refractivity contribution in [3.63, 3.8) is 0 Å². The van der Waals surface area contributed by atoms with Gasteiger partial charge < -0.3 is 5.32 Å². The number of nitrogens with one attached hydrogen (secondary N) is 1. The molecule has 0 aromatic heterocycles.